The van der Waals surface area contributed by atoms with Gasteiger partial charge in [0, 0.05) is 34.9 Å². The highest BCUT2D eigenvalue weighted by Crippen LogP contribution is 2.26. The van der Waals surface area contributed by atoms with Crippen molar-refractivity contribution in [1.29, 1.82) is 0 Å². The number of aromatic amines is 1. The maximum absolute atomic E-state index is 12.3. The van der Waals surface area contributed by atoms with E-state index in [0.717, 1.165) is 16.6 Å². The fourth-order valence-electron chi connectivity index (χ4n) is 3.11. The number of rotatable bonds is 2. The highest BCUT2D eigenvalue weighted by molar-refractivity contribution is 6.07. The molecule has 0 saturated carbocycles. The van der Waals surface area contributed by atoms with Gasteiger partial charge in [0.25, 0.3) is 0 Å². The molecule has 0 aliphatic carbocycles. The van der Waals surface area contributed by atoms with Crippen molar-refractivity contribution in [3.05, 3.63) is 48.0 Å². The summed E-state index contributed by atoms with van der Waals surface area (Å²) < 4.78 is 5.29. The quantitative estimate of drug-likeness (QED) is 0.790. The van der Waals surface area contributed by atoms with Crippen LogP contribution in [0.1, 0.15) is 5.56 Å². The van der Waals surface area contributed by atoms with Gasteiger partial charge in [-0.1, -0.05) is 30.3 Å². The summed E-state index contributed by atoms with van der Waals surface area (Å²) in [4.78, 5) is 17.6. The minimum Gasteiger partial charge on any atom is -0.378 e. The fourth-order valence-corrected chi connectivity index (χ4v) is 3.11. The number of aromatic nitrogens is 1. The molecule has 3 aromatic rings. The first-order valence-corrected chi connectivity index (χ1v) is 7.66. The Morgan fingerprint density at radius 2 is 1.82 bits per heavy atom. The van der Waals surface area contributed by atoms with Crippen LogP contribution in [0.2, 0.25) is 0 Å². The maximum atomic E-state index is 12.3. The molecular formula is C18H18N2O2. The number of hydrogen-bond acceptors (Lipinski definition) is 2. The highest BCUT2D eigenvalue weighted by atomic mass is 16.5. The van der Waals surface area contributed by atoms with E-state index in [2.05, 4.69) is 35.3 Å². The first-order valence-electron chi connectivity index (χ1n) is 7.66. The monoisotopic (exact) mass is 294 g/mol. The van der Waals surface area contributed by atoms with E-state index >= 15 is 0 Å². The van der Waals surface area contributed by atoms with Crippen molar-refractivity contribution in [3.63, 3.8) is 0 Å². The number of carbonyl (C=O) groups is 1. The van der Waals surface area contributed by atoms with Gasteiger partial charge in [-0.3, -0.25) is 4.79 Å². The Bertz CT molecular complexity index is 831. The molecule has 2 aromatic carbocycles. The Morgan fingerprint density at radius 3 is 2.68 bits per heavy atom. The normalized spacial score (nSPS) is 15.5. The van der Waals surface area contributed by atoms with E-state index in [1.54, 1.807) is 0 Å². The number of H-pyrrole nitrogens is 1. The lowest BCUT2D eigenvalue weighted by Crippen LogP contribution is -2.41. The van der Waals surface area contributed by atoms with Crippen LogP contribution in [-0.4, -0.2) is 42.1 Å². The van der Waals surface area contributed by atoms with Crippen molar-refractivity contribution in [2.75, 3.05) is 26.3 Å². The molecule has 1 N–H and O–H groups in total. The van der Waals surface area contributed by atoms with Crippen LogP contribution in [-0.2, 0) is 16.0 Å². The second-order valence-electron chi connectivity index (χ2n) is 5.72. The average Bonchev–Trinajstić information content (AvgIpc) is 2.93. The van der Waals surface area contributed by atoms with Crippen LogP contribution < -0.4 is 0 Å². The minimum absolute atomic E-state index is 0.179. The van der Waals surface area contributed by atoms with E-state index < -0.39 is 0 Å². The highest BCUT2D eigenvalue weighted by Gasteiger charge is 2.17. The van der Waals surface area contributed by atoms with Gasteiger partial charge >= 0.3 is 0 Å². The molecule has 1 amide bonds. The molecule has 1 aliphatic rings. The number of fused-ring (bicyclic) bond motifs is 3. The number of carbonyl (C=O) groups excluding carboxylic acids is 1. The van der Waals surface area contributed by atoms with Crippen molar-refractivity contribution < 1.29 is 9.53 Å². The van der Waals surface area contributed by atoms with Crippen molar-refractivity contribution in [1.82, 2.24) is 9.88 Å². The van der Waals surface area contributed by atoms with E-state index in [1.807, 2.05) is 17.0 Å². The van der Waals surface area contributed by atoms with Crippen molar-refractivity contribution in [2.24, 2.45) is 0 Å². The molecule has 0 bridgehead atoms. The van der Waals surface area contributed by atoms with E-state index in [0.29, 0.717) is 32.7 Å². The number of nitrogens with zero attached hydrogens (tertiary/aromatic N) is 1. The van der Waals surface area contributed by atoms with Gasteiger partial charge in [-0.15, -0.1) is 0 Å². The lowest BCUT2D eigenvalue weighted by atomic mass is 10.1. The molecule has 1 aromatic heterocycles. The summed E-state index contributed by atoms with van der Waals surface area (Å²) in [6.07, 6.45) is 0.450. The van der Waals surface area contributed by atoms with Gasteiger partial charge in [-0.25, -0.2) is 0 Å². The lowest BCUT2D eigenvalue weighted by Gasteiger charge is -2.26. The largest absolute Gasteiger partial charge is 0.378 e. The van der Waals surface area contributed by atoms with Crippen molar-refractivity contribution >= 4 is 27.7 Å². The molecule has 0 radical (unpaired) electrons. The molecule has 1 saturated heterocycles. The van der Waals surface area contributed by atoms with Gasteiger partial charge in [0.05, 0.1) is 19.6 Å². The molecule has 1 fully saturated rings. The molecule has 2 heterocycles. The van der Waals surface area contributed by atoms with Gasteiger partial charge in [0.1, 0.15) is 0 Å². The minimum atomic E-state index is 0.179. The molecule has 4 heteroatoms. The molecule has 0 atom stereocenters. The fraction of sp³-hybridized carbons (Fsp3) is 0.278. The third-order valence-electron chi connectivity index (χ3n) is 4.29. The Kier molecular flexibility index (Phi) is 3.31. The number of hydrogen-bond donors (Lipinski definition) is 1. The Morgan fingerprint density at radius 1 is 1.05 bits per heavy atom. The van der Waals surface area contributed by atoms with Crippen molar-refractivity contribution in [3.8, 4) is 0 Å². The summed E-state index contributed by atoms with van der Waals surface area (Å²) in [5.74, 6) is 0.179. The third-order valence-corrected chi connectivity index (χ3v) is 4.29. The Balaban J connectivity index is 1.62. The van der Waals surface area contributed by atoms with E-state index in [-0.39, 0.29) is 5.91 Å². The Labute approximate surface area is 128 Å². The second-order valence-corrected chi connectivity index (χ2v) is 5.72. The van der Waals surface area contributed by atoms with E-state index in [1.165, 1.54) is 10.8 Å². The lowest BCUT2D eigenvalue weighted by molar-refractivity contribution is -0.134. The molecule has 0 spiro atoms. The van der Waals surface area contributed by atoms with Gasteiger partial charge in [0.15, 0.2) is 0 Å². The van der Waals surface area contributed by atoms with Crippen LogP contribution in [0.4, 0.5) is 0 Å². The van der Waals surface area contributed by atoms with Gasteiger partial charge in [-0.2, -0.15) is 0 Å². The number of benzene rings is 2. The number of ether oxygens (including phenoxy) is 1. The van der Waals surface area contributed by atoms with E-state index in [4.69, 9.17) is 4.74 Å². The molecule has 4 nitrogen and oxygen atoms in total. The summed E-state index contributed by atoms with van der Waals surface area (Å²) in [6.45, 7) is 2.69. The van der Waals surface area contributed by atoms with Gasteiger partial charge in [0.2, 0.25) is 5.91 Å². The molecule has 1 aliphatic heterocycles. The van der Waals surface area contributed by atoms with Gasteiger partial charge in [-0.05, 0) is 17.7 Å². The van der Waals surface area contributed by atoms with Crippen molar-refractivity contribution in [2.45, 2.75) is 6.42 Å². The Hall–Kier alpha value is -2.33. The summed E-state index contributed by atoms with van der Waals surface area (Å²) >= 11 is 0. The second kappa shape index (κ2) is 5.46. The van der Waals surface area contributed by atoms with Crippen LogP contribution >= 0.6 is 0 Å². The average molecular weight is 294 g/mol. The van der Waals surface area contributed by atoms with Crippen LogP contribution in [0.5, 0.6) is 0 Å². The molecule has 4 rings (SSSR count). The molecular weight excluding hydrogens is 276 g/mol. The number of amides is 1. The predicted octanol–water partition coefficient (Wildman–Crippen LogP) is 2.72. The van der Waals surface area contributed by atoms with E-state index in [9.17, 15) is 4.79 Å². The predicted molar refractivity (Wildman–Crippen MR) is 86.9 cm³/mol. The van der Waals surface area contributed by atoms with Crippen LogP contribution in [0.15, 0.2) is 42.5 Å². The maximum Gasteiger partial charge on any atom is 0.227 e. The zero-order valence-electron chi connectivity index (χ0n) is 12.3. The van der Waals surface area contributed by atoms with Crippen LogP contribution in [0.3, 0.4) is 0 Å². The molecule has 22 heavy (non-hydrogen) atoms. The topological polar surface area (TPSA) is 45.3 Å². The summed E-state index contributed by atoms with van der Waals surface area (Å²) in [7, 11) is 0. The first-order chi connectivity index (χ1) is 10.8. The summed E-state index contributed by atoms with van der Waals surface area (Å²) in [5, 5.41) is 2.43. The van der Waals surface area contributed by atoms with Gasteiger partial charge < -0.3 is 14.6 Å². The van der Waals surface area contributed by atoms with Crippen LogP contribution in [0, 0.1) is 0 Å². The van der Waals surface area contributed by atoms with Crippen LogP contribution in [0.25, 0.3) is 21.8 Å². The molecule has 112 valence electrons. The number of morpholine rings is 1. The summed E-state index contributed by atoms with van der Waals surface area (Å²) in [5.41, 5.74) is 3.28. The zero-order chi connectivity index (χ0) is 14.9. The standard InChI is InChI=1S/C18H18N2O2/c21-18(20-7-9-22-10-8-20)12-13-5-6-15-14-3-1-2-4-16(14)19-17(15)11-13/h1-6,11,19H,7-10,12H2. The SMILES string of the molecule is O=C(Cc1ccc2c(c1)[nH]c1ccccc12)N1CCOCC1. The number of para-hydroxylation sites is 1. The zero-order valence-corrected chi connectivity index (χ0v) is 12.3. The first kappa shape index (κ1) is 13.3. The smallest absolute Gasteiger partial charge is 0.227 e. The number of nitrogens with one attached hydrogen (secondary N) is 1. The third kappa shape index (κ3) is 2.35. The summed E-state index contributed by atoms with van der Waals surface area (Å²) in [6, 6.07) is 14.5. The molecule has 0 unspecified atom stereocenters.